The molecule has 0 saturated carbocycles. The first kappa shape index (κ1) is 20.1. The van der Waals surface area contributed by atoms with E-state index in [0.29, 0.717) is 0 Å². The summed E-state index contributed by atoms with van der Waals surface area (Å²) in [5.41, 5.74) is 1.09. The van der Waals surface area contributed by atoms with Crippen LogP contribution in [-0.2, 0) is 0 Å². The minimum Gasteiger partial charge on any atom is -0.418 e. The molecule has 3 aromatic rings. The van der Waals surface area contributed by atoms with Gasteiger partial charge in [0.1, 0.15) is 0 Å². The van der Waals surface area contributed by atoms with Crippen LogP contribution in [0.15, 0.2) is 91.0 Å². The maximum absolute atomic E-state index is 9.75. The van der Waals surface area contributed by atoms with Gasteiger partial charge >= 0.3 is 140 Å². The molecule has 6 heteroatoms. The Morgan fingerprint density at radius 1 is 0.577 bits per heavy atom. The molecule has 0 aliphatic heterocycles. The van der Waals surface area contributed by atoms with Crippen molar-refractivity contribution < 1.29 is 17.3 Å². The fraction of sp³-hybridized carbons (Fsp3) is 0. The van der Waals surface area contributed by atoms with E-state index in [2.05, 4.69) is 82.7 Å². The smallest absolute Gasteiger partial charge is 0.418 e. The molecule has 0 heterocycles. The van der Waals surface area contributed by atoms with Gasteiger partial charge in [0.05, 0.1) is 0 Å². The Bertz CT molecular complexity index is 795. The maximum Gasteiger partial charge on any atom is 0.673 e. The molecular weight excluding hydrogens is 455 g/mol. The Morgan fingerprint density at radius 3 is 1.31 bits per heavy atom. The molecule has 0 unspecified atom stereocenters. The van der Waals surface area contributed by atoms with Crippen LogP contribution >= 0.6 is 0 Å². The van der Waals surface area contributed by atoms with Crippen LogP contribution in [0.3, 0.4) is 0 Å². The van der Waals surface area contributed by atoms with Crippen molar-refractivity contribution in [3.8, 4) is 9.89 Å². The Hall–Kier alpha value is -2.21. The van der Waals surface area contributed by atoms with E-state index < -0.39 is 26.8 Å². The maximum atomic E-state index is 9.75. The second-order valence-corrected chi connectivity index (χ2v) is 10.0. The quantitative estimate of drug-likeness (QED) is 0.300. The first-order valence-corrected chi connectivity index (χ1v) is 11.2. The number of hydrogen-bond acceptors (Lipinski definition) is 0. The molecule has 0 amide bonds. The Kier molecular flexibility index (Phi) is 7.79. The summed E-state index contributed by atoms with van der Waals surface area (Å²) in [6.45, 7) is 0. The summed E-state index contributed by atoms with van der Waals surface area (Å²) in [6.07, 6.45) is 0. The second-order valence-electron chi connectivity index (χ2n) is 5.02. The molecule has 132 valence electrons. The Balaban J connectivity index is 0.000000431. The van der Waals surface area contributed by atoms with Crippen molar-refractivity contribution in [2.75, 3.05) is 0 Å². The van der Waals surface area contributed by atoms with Crippen molar-refractivity contribution in [1.82, 2.24) is 0 Å². The topological polar surface area (TPSA) is 0 Å². The second kappa shape index (κ2) is 10.1. The van der Waals surface area contributed by atoms with Gasteiger partial charge in [-0.3, -0.25) is 0 Å². The first-order chi connectivity index (χ1) is 12.4. The summed E-state index contributed by atoms with van der Waals surface area (Å²) in [6, 6.07) is 31.6. The average Bonchev–Trinajstić information content (AvgIpc) is 2.63. The van der Waals surface area contributed by atoms with E-state index in [9.17, 15) is 17.3 Å². The molecule has 0 atom stereocenters. The van der Waals surface area contributed by atoms with Crippen LogP contribution in [-0.4, -0.2) is 26.8 Å². The van der Waals surface area contributed by atoms with E-state index in [1.165, 1.54) is 7.22 Å². The van der Waals surface area contributed by atoms with E-state index in [-0.39, 0.29) is 0 Å². The molecule has 3 rings (SSSR count). The van der Waals surface area contributed by atoms with Gasteiger partial charge in [0.15, 0.2) is 0 Å². The van der Waals surface area contributed by atoms with Crippen molar-refractivity contribution in [2.45, 2.75) is 0 Å². The molecule has 0 aromatic heterocycles. The molecule has 0 nitrogen and oxygen atoms in total. The summed E-state index contributed by atoms with van der Waals surface area (Å²) >= 11 is -1.84. The summed E-state index contributed by atoms with van der Waals surface area (Å²) in [7, 11) is -6.00. The van der Waals surface area contributed by atoms with Crippen molar-refractivity contribution in [2.24, 2.45) is 0 Å². The number of rotatable bonds is 2. The fourth-order valence-electron chi connectivity index (χ4n) is 2.00. The number of hydrogen-bond donors (Lipinski definition) is 0. The molecule has 0 fully saturated rings. The number of halogens is 4. The average molecular weight is 470 g/mol. The van der Waals surface area contributed by atoms with Crippen LogP contribution in [0.2, 0.25) is 0 Å². The summed E-state index contributed by atoms with van der Waals surface area (Å²) in [4.78, 5) is 0. The van der Waals surface area contributed by atoms with Crippen LogP contribution in [0, 0.1) is 9.89 Å². The van der Waals surface area contributed by atoms with E-state index in [4.69, 9.17) is 0 Å². The van der Waals surface area contributed by atoms with E-state index in [1.54, 1.807) is 0 Å². The third kappa shape index (κ3) is 7.78. The predicted octanol–water partition coefficient (Wildman–Crippen LogP) is 4.19. The first-order valence-electron chi connectivity index (χ1n) is 7.72. The van der Waals surface area contributed by atoms with E-state index in [0.717, 1.165) is 5.56 Å². The van der Waals surface area contributed by atoms with Crippen LogP contribution in [0.5, 0.6) is 0 Å². The molecule has 0 spiro atoms. The van der Waals surface area contributed by atoms with Gasteiger partial charge in [0.2, 0.25) is 0 Å². The minimum absolute atomic E-state index is 1.09. The Morgan fingerprint density at radius 2 is 0.923 bits per heavy atom. The van der Waals surface area contributed by atoms with Crippen LogP contribution < -0.4 is 7.22 Å². The van der Waals surface area contributed by atoms with Crippen molar-refractivity contribution in [3.05, 3.63) is 96.6 Å². The van der Waals surface area contributed by atoms with Gasteiger partial charge in [0.25, 0.3) is 0 Å². The largest absolute Gasteiger partial charge is 0.673 e. The van der Waals surface area contributed by atoms with Crippen molar-refractivity contribution >= 4 is 34.0 Å². The molecule has 0 aliphatic rings. The fourth-order valence-corrected chi connectivity index (χ4v) is 6.53. The zero-order valence-electron chi connectivity index (χ0n) is 13.7. The van der Waals surface area contributed by atoms with Gasteiger partial charge in [-0.2, -0.15) is 0 Å². The van der Waals surface area contributed by atoms with E-state index in [1.807, 2.05) is 18.2 Å². The Labute approximate surface area is 157 Å². The zero-order chi connectivity index (χ0) is 18.8. The zero-order valence-corrected chi connectivity index (χ0v) is 16.0. The van der Waals surface area contributed by atoms with Gasteiger partial charge in [-0.1, -0.05) is 0 Å². The SMILES string of the molecule is C(#C[Te+](c1ccccc1)c1ccccc1)c1ccccc1.F[B-](F)(F)F. The van der Waals surface area contributed by atoms with Crippen molar-refractivity contribution in [3.63, 3.8) is 0 Å². The van der Waals surface area contributed by atoms with Crippen LogP contribution in [0.1, 0.15) is 5.56 Å². The van der Waals surface area contributed by atoms with Gasteiger partial charge in [0, 0.05) is 0 Å². The van der Waals surface area contributed by atoms with E-state index >= 15 is 0 Å². The van der Waals surface area contributed by atoms with Crippen molar-refractivity contribution in [1.29, 1.82) is 0 Å². The number of benzene rings is 3. The minimum atomic E-state index is -6.00. The summed E-state index contributed by atoms with van der Waals surface area (Å²) in [5.74, 6) is 3.37. The predicted molar refractivity (Wildman–Crippen MR) is 101 cm³/mol. The summed E-state index contributed by atoms with van der Waals surface area (Å²) in [5, 5.41) is 0. The van der Waals surface area contributed by atoms with Gasteiger partial charge in [-0.05, 0) is 0 Å². The van der Waals surface area contributed by atoms with Crippen LogP contribution in [0.25, 0.3) is 0 Å². The monoisotopic (exact) mass is 472 g/mol. The molecule has 3 aromatic carbocycles. The molecular formula is C20H15BF4Te. The van der Waals surface area contributed by atoms with Gasteiger partial charge < -0.3 is 17.3 Å². The van der Waals surface area contributed by atoms with Crippen LogP contribution in [0.4, 0.5) is 17.3 Å². The molecule has 0 radical (unpaired) electrons. The third-order valence-electron chi connectivity index (χ3n) is 3.03. The molecule has 0 bridgehead atoms. The normalized spacial score (nSPS) is 10.3. The van der Waals surface area contributed by atoms with Gasteiger partial charge in [-0.15, -0.1) is 0 Å². The standard InChI is InChI=1S/C20H15Te.BF4/c1-4-10-18(11-5-1)16-17-21(19-12-6-2-7-13-19)20-14-8-3-9-15-20;2-1(3,4)5/h1-15H;/q+1;-1. The van der Waals surface area contributed by atoms with Gasteiger partial charge in [-0.25, -0.2) is 0 Å². The molecule has 26 heavy (non-hydrogen) atoms. The molecule has 0 aliphatic carbocycles. The molecule has 0 N–H and O–H groups in total. The molecule has 0 saturated heterocycles. The summed E-state index contributed by atoms with van der Waals surface area (Å²) < 4.78 is 45.4. The third-order valence-corrected chi connectivity index (χ3v) is 8.15.